The molecule has 0 atom stereocenters. The van der Waals surface area contributed by atoms with Crippen LogP contribution < -0.4 is 11.2 Å². The zero-order chi connectivity index (χ0) is 15.0. The van der Waals surface area contributed by atoms with Crippen molar-refractivity contribution in [2.45, 2.75) is 32.2 Å². The molecule has 21 heavy (non-hydrogen) atoms. The smallest absolute Gasteiger partial charge is 0.325 e. The first-order valence-corrected chi connectivity index (χ1v) is 7.20. The summed E-state index contributed by atoms with van der Waals surface area (Å²) in [7, 11) is 1.72. The highest BCUT2D eigenvalue weighted by Gasteiger charge is 2.29. The lowest BCUT2D eigenvalue weighted by Gasteiger charge is -2.30. The number of aliphatic imine (C=N–C) groups is 1. The highest BCUT2D eigenvalue weighted by molar-refractivity contribution is 6.03. The number of aromatic amines is 2. The second kappa shape index (κ2) is 5.31. The van der Waals surface area contributed by atoms with E-state index in [1.807, 2.05) is 4.90 Å². The van der Waals surface area contributed by atoms with Gasteiger partial charge in [-0.1, -0.05) is 0 Å². The Morgan fingerprint density at radius 1 is 1.38 bits per heavy atom. The van der Waals surface area contributed by atoms with E-state index in [1.54, 1.807) is 7.05 Å². The molecule has 3 N–H and O–H groups in total. The van der Waals surface area contributed by atoms with Gasteiger partial charge in [0, 0.05) is 37.8 Å². The van der Waals surface area contributed by atoms with Crippen molar-refractivity contribution in [3.05, 3.63) is 32.1 Å². The third-order valence-corrected chi connectivity index (χ3v) is 4.15. The van der Waals surface area contributed by atoms with Crippen LogP contribution in [0, 0.1) is 11.3 Å². The molecule has 1 aliphatic heterocycles. The van der Waals surface area contributed by atoms with E-state index in [-0.39, 0.29) is 5.56 Å². The van der Waals surface area contributed by atoms with Gasteiger partial charge in [-0.2, -0.15) is 0 Å². The molecule has 2 aliphatic rings. The largest absolute Gasteiger partial charge is 0.355 e. The van der Waals surface area contributed by atoms with Crippen molar-refractivity contribution in [3.8, 4) is 0 Å². The first kappa shape index (κ1) is 13.8. The standard InChI is InChI=1S/C14H19N5O2/c1-16-12(6-10(15)8-2-3-8)19-5-4-11-9(7-19)13(20)18-14(21)17-11/h8,15H,2-7H2,1H3,(H2,17,18,20,21). The van der Waals surface area contributed by atoms with E-state index < -0.39 is 5.69 Å². The lowest BCUT2D eigenvalue weighted by Crippen LogP contribution is -2.42. The lowest BCUT2D eigenvalue weighted by atomic mass is 10.1. The molecule has 1 saturated carbocycles. The molecular formula is C14H19N5O2. The van der Waals surface area contributed by atoms with Gasteiger partial charge in [0.25, 0.3) is 5.56 Å². The number of aromatic nitrogens is 2. The number of hydrogen-bond donors (Lipinski definition) is 3. The number of rotatable bonds is 3. The summed E-state index contributed by atoms with van der Waals surface area (Å²) < 4.78 is 0. The minimum absolute atomic E-state index is 0.328. The summed E-state index contributed by atoms with van der Waals surface area (Å²) in [5.74, 6) is 1.28. The Labute approximate surface area is 121 Å². The van der Waals surface area contributed by atoms with Crippen LogP contribution in [0.25, 0.3) is 0 Å². The molecule has 0 radical (unpaired) electrons. The number of hydrogen-bond acceptors (Lipinski definition) is 4. The first-order chi connectivity index (χ1) is 10.1. The van der Waals surface area contributed by atoms with Crippen molar-refractivity contribution in [3.63, 3.8) is 0 Å². The van der Waals surface area contributed by atoms with Gasteiger partial charge in [-0.15, -0.1) is 0 Å². The van der Waals surface area contributed by atoms with Crippen molar-refractivity contribution < 1.29 is 0 Å². The topological polar surface area (TPSA) is 105 Å². The molecule has 0 saturated heterocycles. The normalized spacial score (nSPS) is 18.5. The van der Waals surface area contributed by atoms with Crippen LogP contribution in [0.15, 0.2) is 14.6 Å². The van der Waals surface area contributed by atoms with Gasteiger partial charge >= 0.3 is 5.69 Å². The SMILES string of the molecule is CN=C(CC(=N)C1CC1)N1CCc2[nH]c(=O)[nH]c(=O)c2C1. The molecule has 7 nitrogen and oxygen atoms in total. The van der Waals surface area contributed by atoms with E-state index in [0.29, 0.717) is 43.1 Å². The van der Waals surface area contributed by atoms with Gasteiger partial charge in [-0.3, -0.25) is 14.8 Å². The number of fused-ring (bicyclic) bond motifs is 1. The van der Waals surface area contributed by atoms with Gasteiger partial charge in [-0.05, 0) is 18.8 Å². The second-order valence-electron chi connectivity index (χ2n) is 5.65. The van der Waals surface area contributed by atoms with Gasteiger partial charge < -0.3 is 15.3 Å². The maximum Gasteiger partial charge on any atom is 0.325 e. The number of amidine groups is 1. The Morgan fingerprint density at radius 2 is 2.14 bits per heavy atom. The highest BCUT2D eigenvalue weighted by Crippen LogP contribution is 2.31. The Kier molecular flexibility index (Phi) is 3.48. The van der Waals surface area contributed by atoms with Crippen molar-refractivity contribution in [2.24, 2.45) is 10.9 Å². The lowest BCUT2D eigenvalue weighted by molar-refractivity contribution is 0.380. The van der Waals surface area contributed by atoms with E-state index in [0.717, 1.165) is 24.4 Å². The third-order valence-electron chi connectivity index (χ3n) is 4.15. The van der Waals surface area contributed by atoms with Gasteiger partial charge in [0.05, 0.1) is 12.1 Å². The Balaban J connectivity index is 1.79. The van der Waals surface area contributed by atoms with Gasteiger partial charge in [0.15, 0.2) is 0 Å². The molecule has 3 rings (SSSR count). The fourth-order valence-electron chi connectivity index (χ4n) is 2.76. The molecule has 1 fully saturated rings. The van der Waals surface area contributed by atoms with Crippen LogP contribution in [-0.2, 0) is 13.0 Å². The fraction of sp³-hybridized carbons (Fsp3) is 0.571. The molecule has 0 amide bonds. The minimum Gasteiger partial charge on any atom is -0.355 e. The Bertz CT molecular complexity index is 711. The molecule has 1 aromatic heterocycles. The fourth-order valence-corrected chi connectivity index (χ4v) is 2.76. The summed E-state index contributed by atoms with van der Waals surface area (Å²) >= 11 is 0. The number of nitrogens with one attached hydrogen (secondary N) is 3. The molecular weight excluding hydrogens is 270 g/mol. The molecule has 0 bridgehead atoms. The zero-order valence-corrected chi connectivity index (χ0v) is 12.0. The first-order valence-electron chi connectivity index (χ1n) is 7.20. The summed E-state index contributed by atoms with van der Waals surface area (Å²) in [6, 6.07) is 0. The van der Waals surface area contributed by atoms with E-state index in [4.69, 9.17) is 5.41 Å². The molecule has 112 valence electrons. The molecule has 7 heteroatoms. The minimum atomic E-state index is -0.452. The summed E-state index contributed by atoms with van der Waals surface area (Å²) in [6.45, 7) is 1.14. The van der Waals surface area contributed by atoms with Crippen LogP contribution in [-0.4, -0.2) is 40.0 Å². The van der Waals surface area contributed by atoms with Gasteiger partial charge in [-0.25, -0.2) is 4.79 Å². The maximum atomic E-state index is 11.9. The summed E-state index contributed by atoms with van der Waals surface area (Å²) in [5.41, 5.74) is 1.27. The van der Waals surface area contributed by atoms with Crippen LogP contribution in [0.1, 0.15) is 30.5 Å². The Morgan fingerprint density at radius 3 is 2.81 bits per heavy atom. The molecule has 1 aromatic rings. The average Bonchev–Trinajstić information content (AvgIpc) is 3.29. The van der Waals surface area contributed by atoms with Gasteiger partial charge in [0.2, 0.25) is 0 Å². The van der Waals surface area contributed by atoms with E-state index >= 15 is 0 Å². The molecule has 0 aromatic carbocycles. The van der Waals surface area contributed by atoms with Crippen molar-refractivity contribution in [1.82, 2.24) is 14.9 Å². The predicted molar refractivity (Wildman–Crippen MR) is 80.2 cm³/mol. The Hall–Kier alpha value is -2.18. The number of nitrogens with zero attached hydrogens (tertiary/aromatic N) is 2. The molecule has 2 heterocycles. The average molecular weight is 289 g/mol. The predicted octanol–water partition coefficient (Wildman–Crippen LogP) is 0.269. The van der Waals surface area contributed by atoms with Crippen LogP contribution in [0.3, 0.4) is 0 Å². The van der Waals surface area contributed by atoms with Crippen LogP contribution >= 0.6 is 0 Å². The summed E-state index contributed by atoms with van der Waals surface area (Å²) in [6.07, 6.45) is 3.39. The van der Waals surface area contributed by atoms with Crippen molar-refractivity contribution in [2.75, 3.05) is 13.6 Å². The third kappa shape index (κ3) is 2.81. The van der Waals surface area contributed by atoms with Crippen molar-refractivity contribution >= 4 is 11.5 Å². The molecule has 1 aliphatic carbocycles. The summed E-state index contributed by atoms with van der Waals surface area (Å²) in [5, 5.41) is 8.05. The van der Waals surface area contributed by atoms with Gasteiger partial charge in [0.1, 0.15) is 5.84 Å². The van der Waals surface area contributed by atoms with Crippen LogP contribution in [0.5, 0.6) is 0 Å². The molecule has 0 unspecified atom stereocenters. The van der Waals surface area contributed by atoms with Crippen LogP contribution in [0.2, 0.25) is 0 Å². The summed E-state index contributed by atoms with van der Waals surface area (Å²) in [4.78, 5) is 34.5. The van der Waals surface area contributed by atoms with E-state index in [2.05, 4.69) is 15.0 Å². The van der Waals surface area contributed by atoms with E-state index in [9.17, 15) is 9.59 Å². The monoisotopic (exact) mass is 289 g/mol. The quantitative estimate of drug-likeness (QED) is 0.549. The second-order valence-corrected chi connectivity index (χ2v) is 5.65. The number of H-pyrrole nitrogens is 2. The zero-order valence-electron chi connectivity index (χ0n) is 12.0. The van der Waals surface area contributed by atoms with Crippen molar-refractivity contribution in [1.29, 1.82) is 5.41 Å². The van der Waals surface area contributed by atoms with Crippen LogP contribution in [0.4, 0.5) is 0 Å². The highest BCUT2D eigenvalue weighted by atomic mass is 16.2. The van der Waals surface area contributed by atoms with E-state index in [1.165, 1.54) is 0 Å². The maximum absolute atomic E-state index is 11.9. The molecule has 0 spiro atoms.